The molecule has 7 heteroatoms. The smallest absolute Gasteiger partial charge is 0.265 e. The molecule has 0 atom stereocenters. The van der Waals surface area contributed by atoms with E-state index in [-0.39, 0.29) is 5.02 Å². The largest absolute Gasteiger partial charge is 0.436 e. The van der Waals surface area contributed by atoms with Crippen LogP contribution in [0.15, 0.2) is 36.8 Å². The van der Waals surface area contributed by atoms with Crippen molar-refractivity contribution in [3.63, 3.8) is 0 Å². The summed E-state index contributed by atoms with van der Waals surface area (Å²) in [6, 6.07) is 4.11. The van der Waals surface area contributed by atoms with Crippen molar-refractivity contribution < 1.29 is 9.13 Å². The maximum atomic E-state index is 13.1. The molecule has 0 aliphatic rings. The summed E-state index contributed by atoms with van der Waals surface area (Å²) < 4.78 is 20.5. The highest BCUT2D eigenvalue weighted by Gasteiger charge is 2.10. The lowest BCUT2D eigenvalue weighted by molar-refractivity contribution is 0.464. The van der Waals surface area contributed by atoms with E-state index < -0.39 is 5.82 Å². The summed E-state index contributed by atoms with van der Waals surface area (Å²) in [5.41, 5.74) is 0.560. The van der Waals surface area contributed by atoms with Gasteiger partial charge in [-0.2, -0.15) is 4.98 Å². The van der Waals surface area contributed by atoms with E-state index in [4.69, 9.17) is 16.3 Å². The molecule has 0 fully saturated rings. The fourth-order valence-electron chi connectivity index (χ4n) is 1.74. The zero-order valence-electron chi connectivity index (χ0n) is 10.5. The third-order valence-electron chi connectivity index (χ3n) is 2.71. The number of rotatable bonds is 3. The fraction of sp³-hybridized carbons (Fsp3) is 0.0769. The molecule has 102 valence electrons. The Kier molecular flexibility index (Phi) is 3.15. The van der Waals surface area contributed by atoms with E-state index in [0.29, 0.717) is 23.1 Å². The van der Waals surface area contributed by atoms with Crippen LogP contribution in [0.25, 0.3) is 5.65 Å². The topological polar surface area (TPSA) is 51.5 Å². The predicted molar refractivity (Wildman–Crippen MR) is 74.0 cm³/mol. The normalized spacial score (nSPS) is 10.8. The van der Waals surface area contributed by atoms with Crippen molar-refractivity contribution in [2.45, 2.75) is 0 Å². The average molecular weight is 293 g/mol. The van der Waals surface area contributed by atoms with E-state index in [1.54, 1.807) is 30.0 Å². The summed E-state index contributed by atoms with van der Waals surface area (Å²) in [4.78, 5) is 8.46. The highest BCUT2D eigenvalue weighted by atomic mass is 35.5. The molecule has 2 aromatic heterocycles. The Balaban J connectivity index is 2.04. The highest BCUT2D eigenvalue weighted by Crippen LogP contribution is 2.28. The first-order valence-corrected chi connectivity index (χ1v) is 6.19. The van der Waals surface area contributed by atoms with Crippen LogP contribution in [0, 0.1) is 5.82 Å². The molecule has 0 aliphatic heterocycles. The van der Waals surface area contributed by atoms with E-state index in [2.05, 4.69) is 15.3 Å². The quantitative estimate of drug-likeness (QED) is 0.804. The summed E-state index contributed by atoms with van der Waals surface area (Å²) in [7, 11) is 1.75. The minimum atomic E-state index is -0.498. The summed E-state index contributed by atoms with van der Waals surface area (Å²) in [6.45, 7) is 0. The molecular formula is C13H10ClFN4O. The van der Waals surface area contributed by atoms with Crippen molar-refractivity contribution in [3.8, 4) is 11.6 Å². The second kappa shape index (κ2) is 4.97. The van der Waals surface area contributed by atoms with E-state index in [0.717, 1.165) is 0 Å². The Hall–Kier alpha value is -2.34. The molecule has 0 bridgehead atoms. The lowest BCUT2D eigenvalue weighted by atomic mass is 10.3. The van der Waals surface area contributed by atoms with Gasteiger partial charge in [-0.15, -0.1) is 0 Å². The summed E-state index contributed by atoms with van der Waals surface area (Å²) in [6.07, 6.45) is 5.20. The SMILES string of the molecule is CNc1cn2ccnc2c(Oc2ccc(F)c(Cl)c2)n1. The van der Waals surface area contributed by atoms with Crippen molar-refractivity contribution in [1.29, 1.82) is 0 Å². The minimum Gasteiger partial charge on any atom is -0.436 e. The lowest BCUT2D eigenvalue weighted by Crippen LogP contribution is -1.99. The summed E-state index contributed by atoms with van der Waals surface area (Å²) in [5, 5.41) is 2.92. The van der Waals surface area contributed by atoms with Gasteiger partial charge in [-0.25, -0.2) is 9.37 Å². The predicted octanol–water partition coefficient (Wildman–Crippen LogP) is 3.36. The Bertz CT molecular complexity index is 774. The van der Waals surface area contributed by atoms with Gasteiger partial charge in [0.05, 0.1) is 11.2 Å². The maximum Gasteiger partial charge on any atom is 0.265 e. The van der Waals surface area contributed by atoms with Gasteiger partial charge < -0.3 is 10.1 Å². The molecule has 0 spiro atoms. The zero-order chi connectivity index (χ0) is 14.1. The third-order valence-corrected chi connectivity index (χ3v) is 2.99. The van der Waals surface area contributed by atoms with E-state index >= 15 is 0 Å². The molecular weight excluding hydrogens is 283 g/mol. The second-order valence-corrected chi connectivity index (χ2v) is 4.42. The number of fused-ring (bicyclic) bond motifs is 1. The van der Waals surface area contributed by atoms with Crippen LogP contribution in [-0.2, 0) is 0 Å². The number of ether oxygens (including phenoxy) is 1. The molecule has 3 aromatic rings. The van der Waals surface area contributed by atoms with Crippen molar-refractivity contribution in [2.75, 3.05) is 12.4 Å². The van der Waals surface area contributed by atoms with Gasteiger partial charge in [0, 0.05) is 25.5 Å². The van der Waals surface area contributed by atoms with Crippen molar-refractivity contribution in [1.82, 2.24) is 14.4 Å². The van der Waals surface area contributed by atoms with Crippen LogP contribution in [0.5, 0.6) is 11.6 Å². The Morgan fingerprint density at radius 1 is 1.40 bits per heavy atom. The lowest BCUT2D eigenvalue weighted by Gasteiger charge is -2.08. The van der Waals surface area contributed by atoms with Crippen LogP contribution in [0.1, 0.15) is 0 Å². The molecule has 1 aromatic carbocycles. The van der Waals surface area contributed by atoms with Gasteiger partial charge in [0.25, 0.3) is 5.88 Å². The molecule has 0 saturated heterocycles. The summed E-state index contributed by atoms with van der Waals surface area (Å²) in [5.74, 6) is 0.826. The van der Waals surface area contributed by atoms with Gasteiger partial charge in [-0.05, 0) is 12.1 Å². The maximum absolute atomic E-state index is 13.1. The molecule has 0 radical (unpaired) electrons. The van der Waals surface area contributed by atoms with E-state index in [1.165, 1.54) is 18.2 Å². The molecule has 0 unspecified atom stereocenters. The number of hydrogen-bond donors (Lipinski definition) is 1. The van der Waals surface area contributed by atoms with Gasteiger partial charge >= 0.3 is 0 Å². The highest BCUT2D eigenvalue weighted by molar-refractivity contribution is 6.30. The zero-order valence-corrected chi connectivity index (χ0v) is 11.2. The number of aromatic nitrogens is 3. The number of halogens is 2. The van der Waals surface area contributed by atoms with Crippen LogP contribution in [0.3, 0.4) is 0 Å². The minimum absolute atomic E-state index is 0.00775. The van der Waals surface area contributed by atoms with Gasteiger partial charge in [-0.3, -0.25) is 4.40 Å². The van der Waals surface area contributed by atoms with Crippen LogP contribution in [0.4, 0.5) is 10.2 Å². The second-order valence-electron chi connectivity index (χ2n) is 4.02. The first kappa shape index (κ1) is 12.7. The molecule has 20 heavy (non-hydrogen) atoms. The van der Waals surface area contributed by atoms with E-state index in [9.17, 15) is 4.39 Å². The molecule has 1 N–H and O–H groups in total. The first-order valence-electron chi connectivity index (χ1n) is 5.82. The third kappa shape index (κ3) is 2.25. The van der Waals surface area contributed by atoms with Gasteiger partial charge in [0.15, 0.2) is 0 Å². The van der Waals surface area contributed by atoms with E-state index in [1.807, 2.05) is 0 Å². The molecule has 3 rings (SSSR count). The van der Waals surface area contributed by atoms with Gasteiger partial charge in [0.2, 0.25) is 5.65 Å². The Morgan fingerprint density at radius 2 is 2.25 bits per heavy atom. The van der Waals surface area contributed by atoms with Crippen molar-refractivity contribution in [3.05, 3.63) is 47.6 Å². The van der Waals surface area contributed by atoms with Crippen LogP contribution in [0.2, 0.25) is 5.02 Å². The van der Waals surface area contributed by atoms with Gasteiger partial charge in [0.1, 0.15) is 17.4 Å². The number of benzene rings is 1. The number of imidazole rings is 1. The van der Waals surface area contributed by atoms with Crippen LogP contribution < -0.4 is 10.1 Å². The van der Waals surface area contributed by atoms with Gasteiger partial charge in [-0.1, -0.05) is 11.6 Å². The Labute approximate surface area is 119 Å². The molecule has 0 saturated carbocycles. The summed E-state index contributed by atoms with van der Waals surface area (Å²) >= 11 is 5.73. The van der Waals surface area contributed by atoms with Crippen molar-refractivity contribution in [2.24, 2.45) is 0 Å². The molecule has 2 heterocycles. The standard InChI is InChI=1S/C13H10ClFN4O/c1-16-11-7-19-5-4-17-12(19)13(18-11)20-8-2-3-10(15)9(14)6-8/h2-7,16H,1H3. The first-order chi connectivity index (χ1) is 9.67. The Morgan fingerprint density at radius 3 is 3.00 bits per heavy atom. The molecule has 0 aliphatic carbocycles. The van der Waals surface area contributed by atoms with Crippen LogP contribution in [-0.4, -0.2) is 21.4 Å². The number of nitrogens with zero attached hydrogens (tertiary/aromatic N) is 3. The van der Waals surface area contributed by atoms with Crippen molar-refractivity contribution >= 4 is 23.1 Å². The number of hydrogen-bond acceptors (Lipinski definition) is 4. The molecule has 5 nitrogen and oxygen atoms in total. The number of nitrogens with one attached hydrogen (secondary N) is 1. The average Bonchev–Trinajstić information content (AvgIpc) is 2.91. The fourth-order valence-corrected chi connectivity index (χ4v) is 1.91. The monoisotopic (exact) mass is 292 g/mol. The van der Waals surface area contributed by atoms with Crippen LogP contribution >= 0.6 is 11.6 Å². The number of anilines is 1. The molecule has 0 amide bonds.